The molecule has 11 heteroatoms. The summed E-state index contributed by atoms with van der Waals surface area (Å²) in [6, 6.07) is 10.9. The Labute approximate surface area is 248 Å². The average molecular weight is 498 g/mol. The second-order valence-corrected chi connectivity index (χ2v) is 7.74. The fourth-order valence-electron chi connectivity index (χ4n) is 4.06. The first kappa shape index (κ1) is 31.1. The summed E-state index contributed by atoms with van der Waals surface area (Å²) in [6.07, 6.45) is 2.07. The SMILES string of the molecule is COc1ccc(/C(C#N)=C/c2ccc(N3CCC(C(CC(=O)[O-])C(=O)[O-])CC3)o2)cc1OC.[Na+].[Na+]. The van der Waals surface area contributed by atoms with Crippen molar-refractivity contribution in [3.05, 3.63) is 41.7 Å². The predicted octanol–water partition coefficient (Wildman–Crippen LogP) is -4.91. The van der Waals surface area contributed by atoms with Crippen molar-refractivity contribution in [2.45, 2.75) is 19.3 Å². The van der Waals surface area contributed by atoms with Crippen LogP contribution in [0, 0.1) is 23.2 Å². The third-order valence-electron chi connectivity index (χ3n) is 5.82. The topological polar surface area (TPSA) is 139 Å². The van der Waals surface area contributed by atoms with Crippen molar-refractivity contribution in [1.82, 2.24) is 0 Å². The molecular formula is C24H24N2Na2O7. The van der Waals surface area contributed by atoms with E-state index in [2.05, 4.69) is 6.07 Å². The summed E-state index contributed by atoms with van der Waals surface area (Å²) in [6.45, 7) is 1.03. The Morgan fingerprint density at radius 3 is 2.34 bits per heavy atom. The van der Waals surface area contributed by atoms with Gasteiger partial charge in [0.2, 0.25) is 0 Å². The van der Waals surface area contributed by atoms with E-state index < -0.39 is 24.3 Å². The normalized spacial score (nSPS) is 14.7. The van der Waals surface area contributed by atoms with Gasteiger partial charge in [-0.3, -0.25) is 0 Å². The van der Waals surface area contributed by atoms with E-state index in [0.29, 0.717) is 60.2 Å². The van der Waals surface area contributed by atoms with E-state index >= 15 is 0 Å². The van der Waals surface area contributed by atoms with Gasteiger partial charge in [0.25, 0.3) is 0 Å². The molecule has 0 aliphatic carbocycles. The molecule has 1 fully saturated rings. The fourth-order valence-corrected chi connectivity index (χ4v) is 4.06. The van der Waals surface area contributed by atoms with Gasteiger partial charge < -0.3 is 38.6 Å². The summed E-state index contributed by atoms with van der Waals surface area (Å²) >= 11 is 0. The van der Waals surface area contributed by atoms with Gasteiger partial charge in [-0.1, -0.05) is 0 Å². The van der Waals surface area contributed by atoms with E-state index in [-0.39, 0.29) is 65.0 Å². The smallest absolute Gasteiger partial charge is 0.550 e. The largest absolute Gasteiger partial charge is 1.00 e. The monoisotopic (exact) mass is 498 g/mol. The number of hydrogen-bond donors (Lipinski definition) is 0. The molecular weight excluding hydrogens is 474 g/mol. The summed E-state index contributed by atoms with van der Waals surface area (Å²) in [7, 11) is 3.06. The van der Waals surface area contributed by atoms with Crippen LogP contribution in [0.1, 0.15) is 30.6 Å². The number of benzene rings is 1. The number of carboxylic acids is 2. The van der Waals surface area contributed by atoms with E-state index in [1.54, 1.807) is 36.4 Å². The van der Waals surface area contributed by atoms with E-state index in [4.69, 9.17) is 13.9 Å². The van der Waals surface area contributed by atoms with Gasteiger partial charge in [-0.2, -0.15) is 5.26 Å². The molecule has 1 aliphatic heterocycles. The van der Waals surface area contributed by atoms with Gasteiger partial charge in [0.1, 0.15) is 5.76 Å². The number of methoxy groups -OCH3 is 2. The number of nitriles is 1. The number of nitrogens with zero attached hydrogens (tertiary/aromatic N) is 2. The molecule has 0 radical (unpaired) electrons. The minimum atomic E-state index is -1.39. The Morgan fingerprint density at radius 2 is 1.80 bits per heavy atom. The molecule has 1 unspecified atom stereocenters. The average Bonchev–Trinajstić information content (AvgIpc) is 3.29. The molecule has 1 aromatic carbocycles. The first-order chi connectivity index (χ1) is 15.9. The van der Waals surface area contributed by atoms with Crippen LogP contribution in [0.3, 0.4) is 0 Å². The van der Waals surface area contributed by atoms with Crippen LogP contribution in [0.25, 0.3) is 11.6 Å². The van der Waals surface area contributed by atoms with Gasteiger partial charge in [-0.25, -0.2) is 0 Å². The second kappa shape index (κ2) is 14.6. The molecule has 0 spiro atoms. The fraction of sp³-hybridized carbons (Fsp3) is 0.375. The van der Waals surface area contributed by atoms with Gasteiger partial charge in [-0.15, -0.1) is 0 Å². The number of aliphatic carboxylic acids is 2. The standard InChI is InChI=1S/C24H26N2O7.2Na/c1-31-20-5-3-16(12-21(20)32-2)17(14-25)11-18-4-6-22(33-18)26-9-7-15(8-10-26)19(24(29)30)13-23(27)28;;/h3-6,11-12,15,19H,7-10,13H2,1-2H3,(H,27,28)(H,29,30);;/q;2*+1/p-2/b17-11+;;. The minimum absolute atomic E-state index is 0. The van der Waals surface area contributed by atoms with Crippen molar-refractivity contribution in [2.24, 2.45) is 11.8 Å². The number of ether oxygens (including phenoxy) is 2. The second-order valence-electron chi connectivity index (χ2n) is 7.74. The summed E-state index contributed by atoms with van der Waals surface area (Å²) < 4.78 is 16.4. The summed E-state index contributed by atoms with van der Waals surface area (Å²) in [5.74, 6) is -1.97. The van der Waals surface area contributed by atoms with Crippen molar-refractivity contribution >= 4 is 29.5 Å². The van der Waals surface area contributed by atoms with Crippen molar-refractivity contribution in [1.29, 1.82) is 5.26 Å². The number of rotatable bonds is 9. The molecule has 3 rings (SSSR count). The maximum absolute atomic E-state index is 11.3. The Kier molecular flexibility index (Phi) is 13.0. The molecule has 1 atom stereocenters. The Balaban J connectivity index is 0.00000306. The molecule has 1 aliphatic rings. The van der Waals surface area contributed by atoms with Crippen LogP contribution in [-0.2, 0) is 9.59 Å². The van der Waals surface area contributed by atoms with Gasteiger partial charge >= 0.3 is 59.1 Å². The Bertz CT molecular complexity index is 1090. The van der Waals surface area contributed by atoms with Crippen LogP contribution < -0.4 is 83.7 Å². The van der Waals surface area contributed by atoms with Crippen molar-refractivity contribution in [2.75, 3.05) is 32.2 Å². The third-order valence-corrected chi connectivity index (χ3v) is 5.82. The number of furan rings is 1. The Hall–Kier alpha value is -1.93. The third kappa shape index (κ3) is 8.04. The van der Waals surface area contributed by atoms with Crippen molar-refractivity contribution in [3.63, 3.8) is 0 Å². The number of carbonyl (C=O) groups excluding carboxylic acids is 2. The molecule has 1 saturated heterocycles. The van der Waals surface area contributed by atoms with Crippen LogP contribution in [0.15, 0.2) is 34.7 Å². The molecule has 0 amide bonds. The van der Waals surface area contributed by atoms with Crippen molar-refractivity contribution in [3.8, 4) is 17.6 Å². The predicted molar refractivity (Wildman–Crippen MR) is 115 cm³/mol. The summed E-state index contributed by atoms with van der Waals surface area (Å²) in [5.41, 5.74) is 1.03. The molecule has 2 heterocycles. The van der Waals surface area contributed by atoms with Crippen LogP contribution in [-0.4, -0.2) is 39.2 Å². The van der Waals surface area contributed by atoms with Gasteiger partial charge in [0.05, 0.1) is 25.9 Å². The van der Waals surface area contributed by atoms with Crippen molar-refractivity contribution < 1.29 is 92.8 Å². The first-order valence-corrected chi connectivity index (χ1v) is 10.5. The number of hydrogen-bond acceptors (Lipinski definition) is 9. The van der Waals surface area contributed by atoms with Gasteiger partial charge in [-0.05, 0) is 61.1 Å². The molecule has 0 saturated carbocycles. The number of piperidine rings is 1. The zero-order valence-corrected chi connectivity index (χ0v) is 24.4. The number of anilines is 1. The summed E-state index contributed by atoms with van der Waals surface area (Å²) in [5, 5.41) is 31.8. The summed E-state index contributed by atoms with van der Waals surface area (Å²) in [4.78, 5) is 24.2. The van der Waals surface area contributed by atoms with Crippen LogP contribution in [0.4, 0.5) is 5.88 Å². The minimum Gasteiger partial charge on any atom is -0.550 e. The van der Waals surface area contributed by atoms with E-state index in [9.17, 15) is 25.1 Å². The van der Waals surface area contributed by atoms with Gasteiger partial charge in [0.15, 0.2) is 17.4 Å². The van der Waals surface area contributed by atoms with E-state index in [0.717, 1.165) is 0 Å². The quantitative estimate of drug-likeness (QED) is 0.246. The van der Waals surface area contributed by atoms with Gasteiger partial charge in [0, 0.05) is 37.0 Å². The number of allylic oxidation sites excluding steroid dienone is 1. The molecule has 2 aromatic rings. The molecule has 0 bridgehead atoms. The first-order valence-electron chi connectivity index (χ1n) is 10.5. The molecule has 35 heavy (non-hydrogen) atoms. The zero-order chi connectivity index (χ0) is 24.0. The molecule has 9 nitrogen and oxygen atoms in total. The van der Waals surface area contributed by atoms with Crippen LogP contribution >= 0.6 is 0 Å². The van der Waals surface area contributed by atoms with E-state index in [1.807, 2.05) is 4.90 Å². The molecule has 1 aromatic heterocycles. The Morgan fingerprint density at radius 1 is 1.14 bits per heavy atom. The number of carbonyl (C=O) groups is 2. The maximum atomic E-state index is 11.3. The van der Waals surface area contributed by atoms with E-state index in [1.165, 1.54) is 14.2 Å². The van der Waals surface area contributed by atoms with Crippen LogP contribution in [0.5, 0.6) is 11.5 Å². The maximum Gasteiger partial charge on any atom is 1.00 e. The molecule has 174 valence electrons. The zero-order valence-electron chi connectivity index (χ0n) is 20.4. The number of carboxylic acid groups (broad SMARTS) is 2. The van der Waals surface area contributed by atoms with Crippen LogP contribution in [0.2, 0.25) is 0 Å². The molecule has 0 N–H and O–H groups in total.